The molecule has 0 aromatic heterocycles. The van der Waals surface area contributed by atoms with Gasteiger partial charge in [0, 0.05) is 0 Å². The Kier molecular flexibility index (Phi) is 27.0. The van der Waals surface area contributed by atoms with Gasteiger partial charge >= 0.3 is 63.3 Å². The van der Waals surface area contributed by atoms with Crippen molar-refractivity contribution in [1.29, 1.82) is 0 Å². The molecule has 0 atom stereocenters. The van der Waals surface area contributed by atoms with Crippen molar-refractivity contribution >= 4 is 22.1 Å². The van der Waals surface area contributed by atoms with Crippen LogP contribution in [0.25, 0.3) is 0 Å². The van der Waals surface area contributed by atoms with Gasteiger partial charge in [-0.1, -0.05) is 128 Å². The predicted octanol–water partition coefficient (Wildman–Crippen LogP) is 6.08. The van der Waals surface area contributed by atoms with Crippen molar-refractivity contribution in [3.05, 3.63) is 53.6 Å². The third kappa shape index (κ3) is 21.5. The third-order valence-corrected chi connectivity index (χ3v) is 7.95. The zero-order chi connectivity index (χ0) is 30.9. The minimum Gasteiger partial charge on any atom is -0.744 e. The maximum Gasteiger partial charge on any atom is 1.00 e. The van der Waals surface area contributed by atoms with Crippen molar-refractivity contribution in [1.82, 2.24) is 0 Å². The van der Waals surface area contributed by atoms with E-state index in [1.54, 1.807) is 12.2 Å². The molecule has 0 aliphatic carbocycles. The average Bonchev–Trinajstić information content (AvgIpc) is 2.97. The van der Waals surface area contributed by atoms with E-state index < -0.39 is 27.0 Å². The molecule has 0 aliphatic rings. The van der Waals surface area contributed by atoms with Crippen LogP contribution in [0.2, 0.25) is 0 Å². The van der Waals surface area contributed by atoms with E-state index in [1.165, 1.54) is 83.5 Å². The van der Waals surface area contributed by atoms with Gasteiger partial charge in [-0.25, -0.2) is 18.0 Å². The molecule has 0 saturated carbocycles. The molecule has 0 N–H and O–H groups in total. The van der Waals surface area contributed by atoms with Gasteiger partial charge < -0.3 is 14.0 Å². The normalized spacial score (nSPS) is 11.6. The number of hydrogen-bond donors (Lipinski definition) is 0. The molecular weight excluding hydrogens is 592 g/mol. The quantitative estimate of drug-likeness (QED) is 0.0417. The Balaban J connectivity index is 0.0000176. The van der Waals surface area contributed by atoms with Crippen LogP contribution >= 0.6 is 0 Å². The summed E-state index contributed by atoms with van der Waals surface area (Å²) in [6, 6.07) is 2.99. The Morgan fingerprint density at radius 1 is 0.628 bits per heavy atom. The van der Waals surface area contributed by atoms with Crippen molar-refractivity contribution in [3.8, 4) is 0 Å². The summed E-state index contributed by atoms with van der Waals surface area (Å²) >= 11 is 0. The molecule has 0 radical (unpaired) electrons. The number of ether oxygens (including phenoxy) is 2. The zero-order valence-corrected chi connectivity index (χ0v) is 30.9. The number of unbranched alkanes of at least 4 members (excludes halogenated alkanes) is 16. The van der Waals surface area contributed by atoms with Gasteiger partial charge in [0.25, 0.3) is 0 Å². The number of esters is 2. The van der Waals surface area contributed by atoms with Crippen LogP contribution in [-0.4, -0.2) is 38.1 Å². The van der Waals surface area contributed by atoms with Crippen LogP contribution in [0.1, 0.15) is 150 Å². The van der Waals surface area contributed by atoms with Gasteiger partial charge in [0.05, 0.1) is 16.0 Å². The fourth-order valence-electron chi connectivity index (χ4n) is 4.59. The summed E-state index contributed by atoms with van der Waals surface area (Å²) < 4.78 is 45.1. The van der Waals surface area contributed by atoms with Crippen molar-refractivity contribution in [2.45, 2.75) is 134 Å². The molecule has 7 nitrogen and oxygen atoms in total. The fourth-order valence-corrected chi connectivity index (χ4v) is 5.09. The molecule has 0 unspecified atom stereocenters. The summed E-state index contributed by atoms with van der Waals surface area (Å²) in [7, 11) is -4.82. The molecule has 0 aliphatic heterocycles. The largest absolute Gasteiger partial charge is 1.00 e. The Morgan fingerprint density at radius 3 is 1.44 bits per heavy atom. The minimum absolute atomic E-state index is 0. The van der Waals surface area contributed by atoms with Crippen molar-refractivity contribution in [2.75, 3.05) is 13.2 Å². The molecule has 238 valence electrons. The van der Waals surface area contributed by atoms with Crippen LogP contribution in [-0.2, 0) is 19.6 Å². The summed E-state index contributed by atoms with van der Waals surface area (Å²) in [5.41, 5.74) is -0.455. The van der Waals surface area contributed by atoms with Crippen LogP contribution in [0, 0.1) is 0 Å². The molecule has 0 spiro atoms. The first-order chi connectivity index (χ1) is 20.3. The van der Waals surface area contributed by atoms with E-state index in [4.69, 9.17) is 9.47 Å². The maximum absolute atomic E-state index is 12.7. The topological polar surface area (TPSA) is 110 Å². The number of rotatable bonds is 25. The average molecular weight is 645 g/mol. The summed E-state index contributed by atoms with van der Waals surface area (Å²) in [6.45, 7) is 4.42. The van der Waals surface area contributed by atoms with E-state index in [0.29, 0.717) is 0 Å². The standard InChI is InChI=1S/C34H54O7S.K/c1-3-5-7-9-11-13-15-17-19-21-23-27-40-33(35)31-26-25-30(42(37,38)39)29-32(31)34(36)41-28-24-22-20-18-16-14-12-10-8-6-4-2;/h21-26,29H,3-20,27-28H2,1-2H3,(H,37,38,39);/q;+1/p-1/b23-21+,24-22+;. The van der Waals surface area contributed by atoms with Gasteiger partial charge in [0.15, 0.2) is 0 Å². The Hall–Kier alpha value is -0.814. The second kappa shape index (κ2) is 27.5. The number of carbonyl (C=O) groups is 2. The van der Waals surface area contributed by atoms with E-state index in [-0.39, 0.29) is 75.7 Å². The Morgan fingerprint density at radius 2 is 1.02 bits per heavy atom. The van der Waals surface area contributed by atoms with E-state index >= 15 is 0 Å². The Labute approximate surface area is 303 Å². The summed E-state index contributed by atoms with van der Waals surface area (Å²) in [4.78, 5) is 24.8. The molecule has 0 amide bonds. The number of benzene rings is 1. The summed E-state index contributed by atoms with van der Waals surface area (Å²) in [5.74, 6) is -1.69. The van der Waals surface area contributed by atoms with Gasteiger partial charge in [-0.3, -0.25) is 0 Å². The van der Waals surface area contributed by atoms with Crippen molar-refractivity contribution in [3.63, 3.8) is 0 Å². The molecule has 1 aromatic carbocycles. The van der Waals surface area contributed by atoms with Crippen LogP contribution in [0.15, 0.2) is 47.4 Å². The molecule has 43 heavy (non-hydrogen) atoms. The van der Waals surface area contributed by atoms with E-state index in [0.717, 1.165) is 50.3 Å². The van der Waals surface area contributed by atoms with Gasteiger partial charge in [-0.05, 0) is 43.9 Å². The first kappa shape index (κ1) is 42.2. The fraction of sp³-hybridized carbons (Fsp3) is 0.647. The summed E-state index contributed by atoms with van der Waals surface area (Å²) in [6.07, 6.45) is 28.9. The maximum atomic E-state index is 12.7. The van der Waals surface area contributed by atoms with Crippen LogP contribution < -0.4 is 51.4 Å². The molecule has 1 aromatic rings. The minimum atomic E-state index is -4.82. The van der Waals surface area contributed by atoms with Gasteiger partial charge in [0.2, 0.25) is 0 Å². The van der Waals surface area contributed by atoms with Gasteiger partial charge in [0.1, 0.15) is 23.3 Å². The van der Waals surface area contributed by atoms with Crippen molar-refractivity contribution in [2.24, 2.45) is 0 Å². The van der Waals surface area contributed by atoms with E-state index in [2.05, 4.69) is 13.8 Å². The first-order valence-electron chi connectivity index (χ1n) is 16.0. The second-order valence-corrected chi connectivity index (χ2v) is 12.2. The number of allylic oxidation sites excluding steroid dienone is 2. The second-order valence-electron chi connectivity index (χ2n) is 10.8. The molecule has 1 rings (SSSR count). The predicted molar refractivity (Wildman–Crippen MR) is 168 cm³/mol. The summed E-state index contributed by atoms with van der Waals surface area (Å²) in [5, 5.41) is 0. The third-order valence-electron chi connectivity index (χ3n) is 7.12. The molecule has 0 heterocycles. The van der Waals surface area contributed by atoms with Gasteiger partial charge in [-0.2, -0.15) is 0 Å². The van der Waals surface area contributed by atoms with Crippen molar-refractivity contribution < 1.29 is 83.4 Å². The van der Waals surface area contributed by atoms with Crippen LogP contribution in [0.5, 0.6) is 0 Å². The zero-order valence-electron chi connectivity index (χ0n) is 26.9. The molecule has 9 heteroatoms. The van der Waals surface area contributed by atoms with Gasteiger partial charge in [-0.15, -0.1) is 0 Å². The van der Waals surface area contributed by atoms with E-state index in [9.17, 15) is 22.6 Å². The Bertz CT molecular complexity index is 1050. The van der Waals surface area contributed by atoms with Crippen LogP contribution in [0.4, 0.5) is 0 Å². The number of hydrogen-bond acceptors (Lipinski definition) is 7. The van der Waals surface area contributed by atoms with E-state index in [1.807, 2.05) is 12.2 Å². The smallest absolute Gasteiger partial charge is 0.744 e. The SMILES string of the molecule is CCCCCCCCCC/C=C/COC(=O)c1ccc(S(=O)(=O)[O-])cc1C(=O)OC/C=C/CCCCCCCCCC.[K+]. The monoisotopic (exact) mass is 644 g/mol. The number of carbonyl (C=O) groups excluding carboxylic acids is 2. The van der Waals surface area contributed by atoms with Crippen LogP contribution in [0.3, 0.4) is 0 Å². The molecule has 0 bridgehead atoms. The molecular formula is C34H53KO7S. The first-order valence-corrected chi connectivity index (χ1v) is 17.5. The molecule has 0 saturated heterocycles. The molecule has 0 fully saturated rings.